The van der Waals surface area contributed by atoms with Gasteiger partial charge in [-0.15, -0.1) is 0 Å². The highest BCUT2D eigenvalue weighted by atomic mass is 32.2. The first-order chi connectivity index (χ1) is 15.9. The van der Waals surface area contributed by atoms with Gasteiger partial charge >= 0.3 is 0 Å². The number of nitrogens with zero attached hydrogens (tertiary/aromatic N) is 1. The fourth-order valence-corrected chi connectivity index (χ4v) is 4.92. The first kappa shape index (κ1) is 24.1. The largest absolute Gasteiger partial charge is 0.497 e. The summed E-state index contributed by atoms with van der Waals surface area (Å²) in [6.07, 6.45) is 0.662. The molecule has 1 atom stereocenters. The number of sulfonamides is 1. The molecule has 0 aliphatic carbocycles. The third kappa shape index (κ3) is 5.64. The van der Waals surface area contributed by atoms with Gasteiger partial charge in [0.15, 0.2) is 0 Å². The molecule has 0 aliphatic heterocycles. The average molecular weight is 469 g/mol. The molecule has 0 saturated heterocycles. The quantitative estimate of drug-likeness (QED) is 0.483. The lowest BCUT2D eigenvalue weighted by molar-refractivity contribution is -0.120. The molecular formula is C25H28N2O5S. The van der Waals surface area contributed by atoms with Gasteiger partial charge in [-0.3, -0.25) is 9.10 Å². The van der Waals surface area contributed by atoms with Crippen molar-refractivity contribution in [3.63, 3.8) is 0 Å². The number of amides is 1. The van der Waals surface area contributed by atoms with E-state index in [-0.39, 0.29) is 16.6 Å². The summed E-state index contributed by atoms with van der Waals surface area (Å²) in [5, 5.41) is 2.96. The van der Waals surface area contributed by atoms with Crippen LogP contribution >= 0.6 is 0 Å². The smallest absolute Gasteiger partial charge is 0.264 e. The zero-order chi connectivity index (χ0) is 23.8. The van der Waals surface area contributed by atoms with Crippen molar-refractivity contribution in [3.8, 4) is 11.5 Å². The molecule has 174 valence electrons. The molecule has 7 nitrogen and oxygen atoms in total. The van der Waals surface area contributed by atoms with E-state index in [1.54, 1.807) is 36.4 Å². The van der Waals surface area contributed by atoms with Crippen LogP contribution in [0.1, 0.15) is 24.9 Å². The van der Waals surface area contributed by atoms with E-state index in [0.29, 0.717) is 17.9 Å². The fourth-order valence-electron chi connectivity index (χ4n) is 3.49. The van der Waals surface area contributed by atoms with Gasteiger partial charge in [-0.1, -0.05) is 49.4 Å². The second kappa shape index (κ2) is 10.9. The van der Waals surface area contributed by atoms with E-state index in [1.807, 2.05) is 37.3 Å². The van der Waals surface area contributed by atoms with Crippen molar-refractivity contribution in [3.05, 3.63) is 84.4 Å². The van der Waals surface area contributed by atoms with Crippen molar-refractivity contribution < 1.29 is 22.7 Å². The Hall–Kier alpha value is -3.52. The first-order valence-corrected chi connectivity index (χ1v) is 12.0. The van der Waals surface area contributed by atoms with Crippen LogP contribution in [0, 0.1) is 0 Å². The normalized spacial score (nSPS) is 12.0. The summed E-state index contributed by atoms with van der Waals surface area (Å²) in [5.74, 6) is 0.454. The second-order valence-corrected chi connectivity index (χ2v) is 9.16. The number of carbonyl (C=O) groups excluding carboxylic acids is 1. The summed E-state index contributed by atoms with van der Waals surface area (Å²) in [6.45, 7) is 1.56. The SMILES string of the molecule is CC[C@@H](NC(=O)CN(c1ccccc1OC)S(=O)(=O)c1ccc(OC)cc1)c1ccccc1. The fraction of sp³-hybridized carbons (Fsp3) is 0.240. The molecule has 0 fully saturated rings. The zero-order valence-corrected chi connectivity index (χ0v) is 19.7. The van der Waals surface area contributed by atoms with Gasteiger partial charge in [0.25, 0.3) is 10.0 Å². The van der Waals surface area contributed by atoms with E-state index in [0.717, 1.165) is 9.87 Å². The van der Waals surface area contributed by atoms with Gasteiger partial charge in [0.05, 0.1) is 30.8 Å². The van der Waals surface area contributed by atoms with Crippen LogP contribution < -0.4 is 19.1 Å². The summed E-state index contributed by atoms with van der Waals surface area (Å²) in [4.78, 5) is 13.1. The van der Waals surface area contributed by atoms with E-state index in [4.69, 9.17) is 9.47 Å². The van der Waals surface area contributed by atoms with Crippen LogP contribution in [0.3, 0.4) is 0 Å². The Bertz CT molecular complexity index is 1160. The van der Waals surface area contributed by atoms with Crippen LogP contribution in [0.25, 0.3) is 0 Å². The number of rotatable bonds is 10. The van der Waals surface area contributed by atoms with Crippen LogP contribution in [0.4, 0.5) is 5.69 Å². The van der Waals surface area contributed by atoms with Crippen LogP contribution in [-0.4, -0.2) is 35.1 Å². The summed E-state index contributed by atoms with van der Waals surface area (Å²) in [7, 11) is -1.11. The molecule has 8 heteroatoms. The van der Waals surface area contributed by atoms with Gasteiger partial charge in [-0.25, -0.2) is 8.42 Å². The van der Waals surface area contributed by atoms with Gasteiger partial charge in [-0.2, -0.15) is 0 Å². The molecule has 1 N–H and O–H groups in total. The van der Waals surface area contributed by atoms with Gasteiger partial charge in [0, 0.05) is 0 Å². The Morgan fingerprint density at radius 3 is 2.15 bits per heavy atom. The highest BCUT2D eigenvalue weighted by Crippen LogP contribution is 2.32. The number of para-hydroxylation sites is 2. The maximum Gasteiger partial charge on any atom is 0.264 e. The standard InChI is InChI=1S/C25H28N2O5S/c1-4-22(19-10-6-5-7-11-19)26-25(28)18-27(23-12-8-9-13-24(23)32-3)33(29,30)21-16-14-20(31-2)15-17-21/h5-17,22H,4,18H2,1-3H3,(H,26,28)/t22-/m1/s1. The number of ether oxygens (including phenoxy) is 2. The number of anilines is 1. The van der Waals surface area contributed by atoms with E-state index in [2.05, 4.69) is 5.32 Å². The maximum absolute atomic E-state index is 13.6. The molecule has 0 aliphatic rings. The minimum absolute atomic E-state index is 0.0390. The van der Waals surface area contributed by atoms with Crippen LogP contribution in [0.15, 0.2) is 83.8 Å². The minimum atomic E-state index is -4.08. The molecule has 0 heterocycles. The van der Waals surface area contributed by atoms with Crippen LogP contribution in [-0.2, 0) is 14.8 Å². The van der Waals surface area contributed by atoms with E-state index < -0.39 is 22.5 Å². The second-order valence-electron chi connectivity index (χ2n) is 7.30. The van der Waals surface area contributed by atoms with Crippen molar-refractivity contribution in [2.24, 2.45) is 0 Å². The summed E-state index contributed by atoms with van der Waals surface area (Å²) in [5.41, 5.74) is 1.23. The minimum Gasteiger partial charge on any atom is -0.497 e. The average Bonchev–Trinajstić information content (AvgIpc) is 2.86. The summed E-state index contributed by atoms with van der Waals surface area (Å²) < 4.78 is 38.8. The van der Waals surface area contributed by atoms with Crippen molar-refractivity contribution >= 4 is 21.6 Å². The van der Waals surface area contributed by atoms with E-state index in [9.17, 15) is 13.2 Å². The number of benzene rings is 3. The Morgan fingerprint density at radius 2 is 1.55 bits per heavy atom. The Kier molecular flexibility index (Phi) is 7.95. The van der Waals surface area contributed by atoms with Crippen LogP contribution in [0.5, 0.6) is 11.5 Å². The van der Waals surface area contributed by atoms with Gasteiger partial charge in [0.2, 0.25) is 5.91 Å². The van der Waals surface area contributed by atoms with Crippen LogP contribution in [0.2, 0.25) is 0 Å². The number of hydrogen-bond donors (Lipinski definition) is 1. The third-order valence-electron chi connectivity index (χ3n) is 5.23. The summed E-state index contributed by atoms with van der Waals surface area (Å²) in [6, 6.07) is 22.1. The topological polar surface area (TPSA) is 84.9 Å². The Balaban J connectivity index is 1.96. The monoisotopic (exact) mass is 468 g/mol. The highest BCUT2D eigenvalue weighted by Gasteiger charge is 2.30. The van der Waals surface area contributed by atoms with E-state index in [1.165, 1.54) is 26.4 Å². The molecule has 3 aromatic rings. The molecule has 3 rings (SSSR count). The molecule has 0 bridgehead atoms. The summed E-state index contributed by atoms with van der Waals surface area (Å²) >= 11 is 0. The molecule has 33 heavy (non-hydrogen) atoms. The van der Waals surface area contributed by atoms with Crippen molar-refractivity contribution in [2.45, 2.75) is 24.3 Å². The molecular weight excluding hydrogens is 440 g/mol. The predicted molar refractivity (Wildman–Crippen MR) is 128 cm³/mol. The van der Waals surface area contributed by atoms with Gasteiger partial charge in [0.1, 0.15) is 18.0 Å². The molecule has 0 spiro atoms. The highest BCUT2D eigenvalue weighted by molar-refractivity contribution is 7.92. The molecule has 3 aromatic carbocycles. The van der Waals surface area contributed by atoms with Gasteiger partial charge in [-0.05, 0) is 48.4 Å². The lowest BCUT2D eigenvalue weighted by Gasteiger charge is -2.27. The number of hydrogen-bond acceptors (Lipinski definition) is 5. The lowest BCUT2D eigenvalue weighted by atomic mass is 10.0. The molecule has 0 saturated carbocycles. The molecule has 1 amide bonds. The first-order valence-electron chi connectivity index (χ1n) is 10.5. The van der Waals surface area contributed by atoms with Gasteiger partial charge < -0.3 is 14.8 Å². The third-order valence-corrected chi connectivity index (χ3v) is 7.01. The molecule has 0 unspecified atom stereocenters. The van der Waals surface area contributed by atoms with Crippen molar-refractivity contribution in [1.29, 1.82) is 0 Å². The lowest BCUT2D eigenvalue weighted by Crippen LogP contribution is -2.42. The Labute approximate surface area is 195 Å². The Morgan fingerprint density at radius 1 is 0.909 bits per heavy atom. The zero-order valence-electron chi connectivity index (χ0n) is 18.9. The number of methoxy groups -OCH3 is 2. The van der Waals surface area contributed by atoms with Crippen molar-refractivity contribution in [2.75, 3.05) is 25.1 Å². The van der Waals surface area contributed by atoms with E-state index >= 15 is 0 Å². The number of carbonyl (C=O) groups is 1. The molecule has 0 aromatic heterocycles. The number of nitrogens with one attached hydrogen (secondary N) is 1. The molecule has 0 radical (unpaired) electrons. The predicted octanol–water partition coefficient (Wildman–Crippen LogP) is 4.17. The van der Waals surface area contributed by atoms with Crippen molar-refractivity contribution in [1.82, 2.24) is 5.32 Å². The maximum atomic E-state index is 13.6.